The van der Waals surface area contributed by atoms with Crippen LogP contribution in [0, 0.1) is 0 Å². The molecule has 2 heterocycles. The summed E-state index contributed by atoms with van der Waals surface area (Å²) in [7, 11) is 1.53. The van der Waals surface area contributed by atoms with Crippen molar-refractivity contribution in [2.24, 2.45) is 0 Å². The molecule has 1 amide bonds. The summed E-state index contributed by atoms with van der Waals surface area (Å²) in [4.78, 5) is 31.8. The first-order chi connectivity index (χ1) is 16.0. The first-order valence-corrected chi connectivity index (χ1v) is 10.6. The molecule has 1 fully saturated rings. The van der Waals surface area contributed by atoms with Crippen molar-refractivity contribution in [2.75, 3.05) is 13.7 Å². The predicted molar refractivity (Wildman–Crippen MR) is 123 cm³/mol. The second kappa shape index (κ2) is 9.56. The molecule has 1 atom stereocenters. The van der Waals surface area contributed by atoms with Gasteiger partial charge in [0.2, 0.25) is 0 Å². The fraction of sp³-hybridized carbons (Fsp3) is 0.192. The third-order valence-electron chi connectivity index (χ3n) is 5.47. The minimum absolute atomic E-state index is 0.0290. The Morgan fingerprint density at radius 3 is 2.52 bits per heavy atom. The summed E-state index contributed by atoms with van der Waals surface area (Å²) >= 11 is 0. The van der Waals surface area contributed by atoms with Crippen molar-refractivity contribution < 1.29 is 24.2 Å². The standard InChI is InChI=1S/C26H24N2O5/c1-3-33-20-12-11-19(14-21(20)32-2)23-22(24(29)18-9-5-4-6-10-18)25(30)26(31)28(23)16-17-8-7-13-27-15-17/h4-15,23,29H,3,16H2,1-2H3/t23-/m0/s1. The van der Waals surface area contributed by atoms with Gasteiger partial charge in [-0.2, -0.15) is 0 Å². The summed E-state index contributed by atoms with van der Waals surface area (Å²) in [6.07, 6.45) is 3.29. The van der Waals surface area contributed by atoms with Crippen LogP contribution in [-0.4, -0.2) is 40.4 Å². The van der Waals surface area contributed by atoms with Gasteiger partial charge in [-0.1, -0.05) is 42.5 Å². The molecule has 1 aliphatic heterocycles. The number of benzene rings is 2. The van der Waals surface area contributed by atoms with Gasteiger partial charge in [0.15, 0.2) is 11.5 Å². The molecule has 7 nitrogen and oxygen atoms in total. The monoisotopic (exact) mass is 444 g/mol. The molecule has 7 heteroatoms. The average Bonchev–Trinajstić information content (AvgIpc) is 3.10. The number of aromatic nitrogens is 1. The number of rotatable bonds is 7. The Kier molecular flexibility index (Phi) is 6.40. The zero-order valence-electron chi connectivity index (χ0n) is 18.4. The molecule has 1 aromatic heterocycles. The molecule has 33 heavy (non-hydrogen) atoms. The number of likely N-dealkylation sites (tertiary alicyclic amines) is 1. The van der Waals surface area contributed by atoms with E-state index in [9.17, 15) is 14.7 Å². The van der Waals surface area contributed by atoms with Crippen LogP contribution < -0.4 is 9.47 Å². The number of nitrogens with zero attached hydrogens (tertiary/aromatic N) is 2. The molecule has 1 N–H and O–H groups in total. The Morgan fingerprint density at radius 1 is 1.06 bits per heavy atom. The normalized spacial score (nSPS) is 17.3. The highest BCUT2D eigenvalue weighted by molar-refractivity contribution is 6.46. The van der Waals surface area contributed by atoms with E-state index >= 15 is 0 Å². The number of aliphatic hydroxyl groups is 1. The highest BCUT2D eigenvalue weighted by atomic mass is 16.5. The number of ether oxygens (including phenoxy) is 2. The maximum Gasteiger partial charge on any atom is 0.295 e. The summed E-state index contributed by atoms with van der Waals surface area (Å²) in [5, 5.41) is 11.1. The van der Waals surface area contributed by atoms with Gasteiger partial charge in [-0.25, -0.2) is 0 Å². The van der Waals surface area contributed by atoms with E-state index in [2.05, 4.69) is 4.98 Å². The topological polar surface area (TPSA) is 89.0 Å². The smallest absolute Gasteiger partial charge is 0.295 e. The van der Waals surface area contributed by atoms with Crippen molar-refractivity contribution in [2.45, 2.75) is 19.5 Å². The summed E-state index contributed by atoms with van der Waals surface area (Å²) in [6, 6.07) is 16.8. The molecular formula is C26H24N2O5. The van der Waals surface area contributed by atoms with Gasteiger partial charge in [-0.3, -0.25) is 14.6 Å². The quantitative estimate of drug-likeness (QED) is 0.335. The molecule has 4 rings (SSSR count). The van der Waals surface area contributed by atoms with Crippen LogP contribution in [0.2, 0.25) is 0 Å². The molecule has 3 aromatic rings. The van der Waals surface area contributed by atoms with Crippen LogP contribution in [0.5, 0.6) is 11.5 Å². The van der Waals surface area contributed by atoms with Gasteiger partial charge in [0.25, 0.3) is 11.7 Å². The Morgan fingerprint density at radius 2 is 1.85 bits per heavy atom. The van der Waals surface area contributed by atoms with Gasteiger partial charge in [0.1, 0.15) is 5.76 Å². The van der Waals surface area contributed by atoms with Crippen LogP contribution in [0.1, 0.15) is 29.7 Å². The highest BCUT2D eigenvalue weighted by Gasteiger charge is 2.46. The molecule has 0 aliphatic carbocycles. The number of hydrogen-bond acceptors (Lipinski definition) is 6. The molecular weight excluding hydrogens is 420 g/mol. The Labute approximate surface area is 191 Å². The van der Waals surface area contributed by atoms with Gasteiger partial charge in [0, 0.05) is 24.5 Å². The van der Waals surface area contributed by atoms with E-state index in [0.717, 1.165) is 5.56 Å². The first-order valence-electron chi connectivity index (χ1n) is 10.6. The van der Waals surface area contributed by atoms with Crippen molar-refractivity contribution in [3.05, 3.63) is 95.3 Å². The molecule has 0 unspecified atom stereocenters. The minimum atomic E-state index is -0.810. The lowest BCUT2D eigenvalue weighted by molar-refractivity contribution is -0.140. The number of ketones is 1. The number of Topliss-reactive ketones (excluding diaryl/α,β-unsaturated/α-hetero) is 1. The second-order valence-electron chi connectivity index (χ2n) is 7.50. The Hall–Kier alpha value is -4.13. The van der Waals surface area contributed by atoms with E-state index in [1.165, 1.54) is 12.0 Å². The SMILES string of the molecule is CCOc1ccc([C@H]2C(=C(O)c3ccccc3)C(=O)C(=O)N2Cc2cccnc2)cc1OC. The van der Waals surface area contributed by atoms with Gasteiger partial charge >= 0.3 is 0 Å². The highest BCUT2D eigenvalue weighted by Crippen LogP contribution is 2.42. The number of aliphatic hydroxyl groups excluding tert-OH is 1. The largest absolute Gasteiger partial charge is 0.507 e. The zero-order chi connectivity index (χ0) is 23.4. The summed E-state index contributed by atoms with van der Waals surface area (Å²) < 4.78 is 11.1. The molecule has 168 valence electrons. The van der Waals surface area contributed by atoms with Gasteiger partial charge in [0.05, 0.1) is 25.3 Å². The summed E-state index contributed by atoms with van der Waals surface area (Å²) in [5.74, 6) is -0.621. The number of pyridine rings is 1. The van der Waals surface area contributed by atoms with Gasteiger partial charge in [-0.15, -0.1) is 0 Å². The van der Waals surface area contributed by atoms with Crippen molar-refractivity contribution in [3.63, 3.8) is 0 Å². The third kappa shape index (κ3) is 4.30. The van der Waals surface area contributed by atoms with Crippen LogP contribution in [0.25, 0.3) is 5.76 Å². The van der Waals surface area contributed by atoms with E-state index in [-0.39, 0.29) is 17.9 Å². The van der Waals surface area contributed by atoms with Crippen LogP contribution in [0.15, 0.2) is 78.6 Å². The van der Waals surface area contributed by atoms with Crippen LogP contribution >= 0.6 is 0 Å². The number of amides is 1. The fourth-order valence-electron chi connectivity index (χ4n) is 3.96. The molecule has 0 spiro atoms. The molecule has 0 bridgehead atoms. The number of carbonyl (C=O) groups excluding carboxylic acids is 2. The third-order valence-corrected chi connectivity index (χ3v) is 5.47. The lowest BCUT2D eigenvalue weighted by Crippen LogP contribution is -2.29. The van der Waals surface area contributed by atoms with Gasteiger partial charge in [-0.05, 0) is 36.2 Å². The Balaban J connectivity index is 1.87. The van der Waals surface area contributed by atoms with E-state index < -0.39 is 17.7 Å². The first kappa shape index (κ1) is 22.1. The van der Waals surface area contributed by atoms with Gasteiger partial charge < -0.3 is 19.5 Å². The second-order valence-corrected chi connectivity index (χ2v) is 7.50. The van der Waals surface area contributed by atoms with E-state index in [0.29, 0.717) is 29.2 Å². The molecule has 2 aromatic carbocycles. The van der Waals surface area contributed by atoms with Crippen molar-refractivity contribution >= 4 is 17.4 Å². The van der Waals surface area contributed by atoms with E-state index in [1.807, 2.05) is 19.1 Å². The summed E-state index contributed by atoms with van der Waals surface area (Å²) in [6.45, 7) is 2.49. The zero-order valence-corrected chi connectivity index (χ0v) is 18.4. The van der Waals surface area contributed by atoms with Crippen molar-refractivity contribution in [3.8, 4) is 11.5 Å². The Bertz CT molecular complexity index is 1190. The lowest BCUT2D eigenvalue weighted by atomic mass is 9.95. The van der Waals surface area contributed by atoms with Crippen LogP contribution in [0.3, 0.4) is 0 Å². The summed E-state index contributed by atoms with van der Waals surface area (Å²) in [5.41, 5.74) is 1.87. The molecule has 1 saturated heterocycles. The van der Waals surface area contributed by atoms with Crippen LogP contribution in [-0.2, 0) is 16.1 Å². The average molecular weight is 444 g/mol. The number of hydrogen-bond donors (Lipinski definition) is 1. The van der Waals surface area contributed by atoms with Crippen LogP contribution in [0.4, 0.5) is 0 Å². The van der Waals surface area contributed by atoms with E-state index in [4.69, 9.17) is 9.47 Å². The fourth-order valence-corrected chi connectivity index (χ4v) is 3.96. The minimum Gasteiger partial charge on any atom is -0.507 e. The van der Waals surface area contributed by atoms with Crippen molar-refractivity contribution in [1.82, 2.24) is 9.88 Å². The lowest BCUT2D eigenvalue weighted by Gasteiger charge is -2.26. The molecule has 1 aliphatic rings. The maximum atomic E-state index is 13.1. The number of methoxy groups -OCH3 is 1. The van der Waals surface area contributed by atoms with Crippen molar-refractivity contribution in [1.29, 1.82) is 0 Å². The maximum absolute atomic E-state index is 13.1. The predicted octanol–water partition coefficient (Wildman–Crippen LogP) is 4.11. The number of carbonyl (C=O) groups is 2. The molecule has 0 saturated carbocycles. The molecule has 0 radical (unpaired) electrons. The van der Waals surface area contributed by atoms with E-state index in [1.54, 1.807) is 60.9 Å².